The molecule has 144 valence electrons. The topological polar surface area (TPSA) is 48.0 Å². The number of nitrogens with zero attached hydrogens (tertiary/aromatic N) is 1. The molecule has 1 heterocycles. The molecule has 1 amide bonds. The molecular weight excluding hydrogens is 351 g/mol. The molecule has 0 aliphatic carbocycles. The maximum atomic E-state index is 12.9. The number of hydrogen-bond acceptors (Lipinski definition) is 4. The largest absolute Gasteiger partial charge is 0.493 e. The van der Waals surface area contributed by atoms with Gasteiger partial charge in [-0.2, -0.15) is 13.2 Å². The zero-order valence-corrected chi connectivity index (χ0v) is 14.9. The highest BCUT2D eigenvalue weighted by molar-refractivity contribution is 5.92. The Kier molecular flexibility index (Phi) is 6.39. The lowest BCUT2D eigenvalue weighted by Crippen LogP contribution is -2.44. The molecule has 26 heavy (non-hydrogen) atoms. The Labute approximate surface area is 150 Å². The van der Waals surface area contributed by atoms with Gasteiger partial charge in [0.25, 0.3) is 0 Å². The highest BCUT2D eigenvalue weighted by atomic mass is 19.4. The van der Waals surface area contributed by atoms with Gasteiger partial charge in [0.05, 0.1) is 27.2 Å². The van der Waals surface area contributed by atoms with Crippen LogP contribution in [-0.4, -0.2) is 51.4 Å². The van der Waals surface area contributed by atoms with Crippen LogP contribution in [0.25, 0.3) is 6.08 Å². The number of amides is 1. The summed E-state index contributed by atoms with van der Waals surface area (Å²) in [5, 5.41) is 0. The average molecular weight is 373 g/mol. The van der Waals surface area contributed by atoms with E-state index in [0.29, 0.717) is 35.8 Å². The van der Waals surface area contributed by atoms with Crippen LogP contribution in [0.15, 0.2) is 18.2 Å². The number of methoxy groups -OCH3 is 3. The maximum Gasteiger partial charge on any atom is 0.393 e. The van der Waals surface area contributed by atoms with Crippen molar-refractivity contribution >= 4 is 12.0 Å². The lowest BCUT2D eigenvalue weighted by atomic mass is 9.97. The fourth-order valence-corrected chi connectivity index (χ4v) is 2.92. The summed E-state index contributed by atoms with van der Waals surface area (Å²) in [6, 6.07) is 3.31. The van der Waals surface area contributed by atoms with Crippen molar-refractivity contribution in [2.24, 2.45) is 5.92 Å². The average Bonchev–Trinajstić information content (AvgIpc) is 2.64. The lowest BCUT2D eigenvalue weighted by molar-refractivity contribution is -0.187. The van der Waals surface area contributed by atoms with E-state index in [4.69, 9.17) is 14.2 Å². The molecule has 8 heteroatoms. The van der Waals surface area contributed by atoms with E-state index in [1.165, 1.54) is 38.4 Å². The molecule has 1 aromatic rings. The Balaban J connectivity index is 2.15. The number of benzene rings is 1. The molecule has 1 aliphatic rings. The summed E-state index contributed by atoms with van der Waals surface area (Å²) in [5.41, 5.74) is 0.609. The Morgan fingerprint density at radius 2 is 1.77 bits per heavy atom. The number of halogens is 3. The second-order valence-corrected chi connectivity index (χ2v) is 5.96. The molecule has 0 saturated carbocycles. The van der Waals surface area contributed by atoms with Crippen molar-refractivity contribution in [2.45, 2.75) is 19.0 Å². The first-order valence-corrected chi connectivity index (χ1v) is 8.13. The van der Waals surface area contributed by atoms with Crippen LogP contribution in [-0.2, 0) is 4.79 Å². The van der Waals surface area contributed by atoms with Crippen LogP contribution in [0.2, 0.25) is 0 Å². The van der Waals surface area contributed by atoms with E-state index >= 15 is 0 Å². The summed E-state index contributed by atoms with van der Waals surface area (Å²) < 4.78 is 54.3. The fraction of sp³-hybridized carbons (Fsp3) is 0.500. The number of piperidine rings is 1. The standard InChI is InChI=1S/C18H22F3NO4/c1-24-14-9-12(10-15(25-2)17(14)26-3)6-7-16(23)22-8-4-5-13(11-22)18(19,20)21/h6-7,9-10,13H,4-5,8,11H2,1-3H3/b7-6+. The van der Waals surface area contributed by atoms with E-state index < -0.39 is 18.0 Å². The molecule has 0 spiro atoms. The van der Waals surface area contributed by atoms with Gasteiger partial charge in [-0.05, 0) is 36.6 Å². The summed E-state index contributed by atoms with van der Waals surface area (Å²) in [6.07, 6.45) is -1.10. The van der Waals surface area contributed by atoms with Crippen molar-refractivity contribution < 1.29 is 32.2 Å². The molecule has 1 fully saturated rings. The first kappa shape index (κ1) is 19.9. The molecule has 0 aromatic heterocycles. The number of carbonyl (C=O) groups excluding carboxylic acids is 1. The Hall–Kier alpha value is -2.38. The minimum absolute atomic E-state index is 0.0594. The summed E-state index contributed by atoms with van der Waals surface area (Å²) >= 11 is 0. The molecule has 0 N–H and O–H groups in total. The van der Waals surface area contributed by atoms with Crippen LogP contribution in [0.5, 0.6) is 17.2 Å². The minimum atomic E-state index is -4.28. The predicted molar refractivity (Wildman–Crippen MR) is 90.5 cm³/mol. The summed E-state index contributed by atoms with van der Waals surface area (Å²) in [4.78, 5) is 13.5. The SMILES string of the molecule is COc1cc(/C=C/C(=O)N2CCCC(C(F)(F)F)C2)cc(OC)c1OC. The first-order valence-electron chi connectivity index (χ1n) is 8.13. The quantitative estimate of drug-likeness (QED) is 0.741. The highest BCUT2D eigenvalue weighted by Gasteiger charge is 2.42. The summed E-state index contributed by atoms with van der Waals surface area (Å²) in [5.74, 6) is -0.645. The van der Waals surface area contributed by atoms with E-state index in [9.17, 15) is 18.0 Å². The molecule has 0 radical (unpaired) electrons. The van der Waals surface area contributed by atoms with Gasteiger partial charge in [0.1, 0.15) is 0 Å². The monoisotopic (exact) mass is 373 g/mol. The molecule has 1 unspecified atom stereocenters. The normalized spacial score (nSPS) is 18.1. The fourth-order valence-electron chi connectivity index (χ4n) is 2.92. The summed E-state index contributed by atoms with van der Waals surface area (Å²) in [6.45, 7) is 0.0208. The third-order valence-corrected chi connectivity index (χ3v) is 4.30. The molecular formula is C18H22F3NO4. The van der Waals surface area contributed by atoms with E-state index in [2.05, 4.69) is 0 Å². The van der Waals surface area contributed by atoms with E-state index in [1.807, 2.05) is 0 Å². The number of hydrogen-bond donors (Lipinski definition) is 0. The van der Waals surface area contributed by atoms with Crippen LogP contribution in [0.4, 0.5) is 13.2 Å². The number of rotatable bonds is 5. The number of likely N-dealkylation sites (tertiary alicyclic amines) is 1. The molecule has 5 nitrogen and oxygen atoms in total. The van der Waals surface area contributed by atoms with Crippen LogP contribution in [0.1, 0.15) is 18.4 Å². The van der Waals surface area contributed by atoms with Gasteiger partial charge in [0.15, 0.2) is 11.5 Å². The Morgan fingerprint density at radius 1 is 1.15 bits per heavy atom. The number of ether oxygens (including phenoxy) is 3. The van der Waals surface area contributed by atoms with E-state index in [-0.39, 0.29) is 13.0 Å². The first-order chi connectivity index (χ1) is 12.3. The third-order valence-electron chi connectivity index (χ3n) is 4.30. The van der Waals surface area contributed by atoms with Crippen molar-refractivity contribution in [1.29, 1.82) is 0 Å². The van der Waals surface area contributed by atoms with E-state index in [1.54, 1.807) is 12.1 Å². The predicted octanol–water partition coefficient (Wildman–Crippen LogP) is 3.53. The summed E-state index contributed by atoms with van der Waals surface area (Å²) in [7, 11) is 4.43. The van der Waals surface area contributed by atoms with Crippen molar-refractivity contribution in [2.75, 3.05) is 34.4 Å². The van der Waals surface area contributed by atoms with Crippen molar-refractivity contribution in [3.05, 3.63) is 23.8 Å². The van der Waals surface area contributed by atoms with Crippen LogP contribution in [0.3, 0.4) is 0 Å². The smallest absolute Gasteiger partial charge is 0.393 e. The lowest BCUT2D eigenvalue weighted by Gasteiger charge is -2.33. The Bertz CT molecular complexity index is 648. The second kappa shape index (κ2) is 8.33. The van der Waals surface area contributed by atoms with Crippen LogP contribution < -0.4 is 14.2 Å². The molecule has 1 aromatic carbocycles. The van der Waals surface area contributed by atoms with Gasteiger partial charge in [-0.25, -0.2) is 0 Å². The van der Waals surface area contributed by atoms with Gasteiger partial charge >= 0.3 is 6.18 Å². The molecule has 2 rings (SSSR count). The molecule has 0 bridgehead atoms. The van der Waals surface area contributed by atoms with Gasteiger partial charge < -0.3 is 19.1 Å². The number of carbonyl (C=O) groups is 1. The maximum absolute atomic E-state index is 12.9. The van der Waals surface area contributed by atoms with Crippen LogP contribution in [0, 0.1) is 5.92 Å². The minimum Gasteiger partial charge on any atom is -0.493 e. The van der Waals surface area contributed by atoms with Crippen molar-refractivity contribution in [3.8, 4) is 17.2 Å². The Morgan fingerprint density at radius 3 is 2.27 bits per heavy atom. The zero-order valence-electron chi connectivity index (χ0n) is 14.9. The van der Waals surface area contributed by atoms with Gasteiger partial charge in [-0.1, -0.05) is 0 Å². The third kappa shape index (κ3) is 4.62. The molecule has 1 saturated heterocycles. The zero-order chi connectivity index (χ0) is 19.3. The van der Waals surface area contributed by atoms with Gasteiger partial charge in [-0.15, -0.1) is 0 Å². The molecule has 1 aliphatic heterocycles. The van der Waals surface area contributed by atoms with Crippen LogP contribution >= 0.6 is 0 Å². The second-order valence-electron chi connectivity index (χ2n) is 5.96. The number of alkyl halides is 3. The van der Waals surface area contributed by atoms with Crippen molar-refractivity contribution in [1.82, 2.24) is 4.90 Å². The van der Waals surface area contributed by atoms with Gasteiger partial charge in [-0.3, -0.25) is 4.79 Å². The molecule has 1 atom stereocenters. The highest BCUT2D eigenvalue weighted by Crippen LogP contribution is 2.38. The van der Waals surface area contributed by atoms with Crippen molar-refractivity contribution in [3.63, 3.8) is 0 Å². The van der Waals surface area contributed by atoms with Gasteiger partial charge in [0.2, 0.25) is 11.7 Å². The van der Waals surface area contributed by atoms with E-state index in [0.717, 1.165) is 0 Å². The van der Waals surface area contributed by atoms with Gasteiger partial charge in [0, 0.05) is 19.2 Å².